The number of hydrogen-bond acceptors (Lipinski definition) is 3. The zero-order valence-corrected chi connectivity index (χ0v) is 10.7. The molecule has 0 saturated carbocycles. The molecule has 6 heteroatoms. The van der Waals surface area contributed by atoms with E-state index in [0.29, 0.717) is 10.0 Å². The third kappa shape index (κ3) is 2.81. The summed E-state index contributed by atoms with van der Waals surface area (Å²) in [5.74, 6) is -0.194. The molecule has 16 heavy (non-hydrogen) atoms. The fourth-order valence-electron chi connectivity index (χ4n) is 1.46. The van der Waals surface area contributed by atoms with Gasteiger partial charge in [0.1, 0.15) is 5.82 Å². The highest BCUT2D eigenvalue weighted by molar-refractivity contribution is 9.10. The first-order valence-corrected chi connectivity index (χ1v) is 7.34. The van der Waals surface area contributed by atoms with Crippen LogP contribution < -0.4 is 0 Å². The van der Waals surface area contributed by atoms with E-state index in [0.717, 1.165) is 0 Å². The Hall–Kier alpha value is -0.460. The second-order valence-corrected chi connectivity index (χ2v) is 6.77. The number of ether oxygens (including phenoxy) is 1. The van der Waals surface area contributed by atoms with Crippen molar-refractivity contribution in [2.75, 3.05) is 11.5 Å². The maximum Gasteiger partial charge on any atom is 0.155 e. The summed E-state index contributed by atoms with van der Waals surface area (Å²) in [6, 6.07) is 4.71. The Bertz CT molecular complexity index is 489. The molecule has 0 atom stereocenters. The Balaban J connectivity index is 1.89. The van der Waals surface area contributed by atoms with E-state index in [1.54, 1.807) is 12.1 Å². The summed E-state index contributed by atoms with van der Waals surface area (Å²) in [7, 11) is -2.86. The fourth-order valence-corrected chi connectivity index (χ4v) is 2.93. The largest absolute Gasteiger partial charge is 0.371 e. The highest BCUT2D eigenvalue weighted by Crippen LogP contribution is 2.19. The van der Waals surface area contributed by atoms with Crippen LogP contribution in [0.3, 0.4) is 0 Å². The summed E-state index contributed by atoms with van der Waals surface area (Å²) >= 11 is 3.05. The van der Waals surface area contributed by atoms with E-state index in [4.69, 9.17) is 4.74 Å². The van der Waals surface area contributed by atoms with Crippen molar-refractivity contribution < 1.29 is 17.5 Å². The molecule has 1 aliphatic rings. The minimum Gasteiger partial charge on any atom is -0.371 e. The number of benzene rings is 1. The van der Waals surface area contributed by atoms with Gasteiger partial charge in [-0.2, -0.15) is 0 Å². The van der Waals surface area contributed by atoms with Crippen molar-refractivity contribution in [1.29, 1.82) is 0 Å². The van der Waals surface area contributed by atoms with E-state index in [1.165, 1.54) is 6.07 Å². The first-order valence-electron chi connectivity index (χ1n) is 4.72. The maximum absolute atomic E-state index is 13.1. The van der Waals surface area contributed by atoms with E-state index in [2.05, 4.69) is 15.9 Å². The van der Waals surface area contributed by atoms with E-state index >= 15 is 0 Å². The fraction of sp³-hybridized carbons (Fsp3) is 0.400. The van der Waals surface area contributed by atoms with Crippen LogP contribution in [-0.4, -0.2) is 26.0 Å². The average molecular weight is 309 g/mol. The summed E-state index contributed by atoms with van der Waals surface area (Å²) in [6.07, 6.45) is -0.239. The van der Waals surface area contributed by atoms with Gasteiger partial charge in [0.15, 0.2) is 9.84 Å². The molecule has 0 aliphatic carbocycles. The number of hydrogen-bond donors (Lipinski definition) is 0. The summed E-state index contributed by atoms with van der Waals surface area (Å²) in [4.78, 5) is 0. The van der Waals surface area contributed by atoms with Gasteiger partial charge in [-0.15, -0.1) is 0 Å². The minimum absolute atomic E-state index is 0.0754. The van der Waals surface area contributed by atoms with Crippen molar-refractivity contribution in [3.63, 3.8) is 0 Å². The SMILES string of the molecule is O=S1(=O)CC(OCc2ccc(Br)c(F)c2)C1. The highest BCUT2D eigenvalue weighted by atomic mass is 79.9. The molecule has 1 saturated heterocycles. The van der Waals surface area contributed by atoms with Crippen molar-refractivity contribution in [2.24, 2.45) is 0 Å². The second kappa shape index (κ2) is 4.43. The lowest BCUT2D eigenvalue weighted by Gasteiger charge is -2.25. The Morgan fingerprint density at radius 1 is 1.44 bits per heavy atom. The smallest absolute Gasteiger partial charge is 0.155 e. The summed E-state index contributed by atoms with van der Waals surface area (Å²) in [6.45, 7) is 0.240. The van der Waals surface area contributed by atoms with Crippen LogP contribution in [0.4, 0.5) is 4.39 Å². The van der Waals surface area contributed by atoms with Crippen LogP contribution in [0.25, 0.3) is 0 Å². The molecule has 1 aromatic rings. The van der Waals surface area contributed by atoms with Gasteiger partial charge >= 0.3 is 0 Å². The lowest BCUT2D eigenvalue weighted by atomic mass is 10.2. The summed E-state index contributed by atoms with van der Waals surface area (Å²) in [5.41, 5.74) is 0.699. The molecule has 88 valence electrons. The van der Waals surface area contributed by atoms with Gasteiger partial charge in [0, 0.05) is 0 Å². The molecule has 0 spiro atoms. The number of rotatable bonds is 3. The standard InChI is InChI=1S/C10H10BrFO3S/c11-9-2-1-7(3-10(9)12)4-15-8-5-16(13,14)6-8/h1-3,8H,4-6H2. The maximum atomic E-state index is 13.1. The van der Waals surface area contributed by atoms with Gasteiger partial charge in [-0.1, -0.05) is 6.07 Å². The Morgan fingerprint density at radius 3 is 2.69 bits per heavy atom. The molecule has 0 radical (unpaired) electrons. The molecule has 0 amide bonds. The van der Waals surface area contributed by atoms with E-state index in [1.807, 2.05) is 0 Å². The average Bonchev–Trinajstić information content (AvgIpc) is 2.16. The molecule has 0 bridgehead atoms. The lowest BCUT2D eigenvalue weighted by molar-refractivity contribution is 0.0601. The molecule has 1 heterocycles. The molecule has 0 aromatic heterocycles. The van der Waals surface area contributed by atoms with Crippen molar-refractivity contribution in [1.82, 2.24) is 0 Å². The molecule has 1 aliphatic heterocycles. The van der Waals surface area contributed by atoms with Crippen LogP contribution in [0.15, 0.2) is 22.7 Å². The van der Waals surface area contributed by atoms with Crippen molar-refractivity contribution in [3.8, 4) is 0 Å². The van der Waals surface area contributed by atoms with Crippen LogP contribution in [0, 0.1) is 5.82 Å². The third-order valence-electron chi connectivity index (χ3n) is 2.35. The van der Waals surface area contributed by atoms with Gasteiger partial charge in [-0.25, -0.2) is 12.8 Å². The van der Waals surface area contributed by atoms with Crippen LogP contribution in [0.5, 0.6) is 0 Å². The molecule has 1 fully saturated rings. The van der Waals surface area contributed by atoms with Crippen molar-refractivity contribution in [2.45, 2.75) is 12.7 Å². The lowest BCUT2D eigenvalue weighted by Crippen LogP contribution is -2.43. The molecular formula is C10H10BrFO3S. The Labute approximate surface area is 102 Å². The normalized spacial score (nSPS) is 19.4. The molecular weight excluding hydrogens is 299 g/mol. The molecule has 0 N–H and O–H groups in total. The topological polar surface area (TPSA) is 43.4 Å². The van der Waals surface area contributed by atoms with Gasteiger partial charge < -0.3 is 4.74 Å². The van der Waals surface area contributed by atoms with Crippen LogP contribution in [0.2, 0.25) is 0 Å². The monoisotopic (exact) mass is 308 g/mol. The van der Waals surface area contributed by atoms with Gasteiger partial charge in [0.05, 0.1) is 28.7 Å². The summed E-state index contributed by atoms with van der Waals surface area (Å²) in [5, 5.41) is 0. The first kappa shape index (κ1) is 12.0. The highest BCUT2D eigenvalue weighted by Gasteiger charge is 2.33. The zero-order valence-electron chi connectivity index (χ0n) is 8.32. The Morgan fingerprint density at radius 2 is 2.12 bits per heavy atom. The van der Waals surface area contributed by atoms with Gasteiger partial charge in [0.2, 0.25) is 0 Å². The van der Waals surface area contributed by atoms with E-state index in [9.17, 15) is 12.8 Å². The van der Waals surface area contributed by atoms with E-state index < -0.39 is 9.84 Å². The molecule has 2 rings (SSSR count). The van der Waals surface area contributed by atoms with Crippen LogP contribution in [-0.2, 0) is 21.2 Å². The van der Waals surface area contributed by atoms with Crippen molar-refractivity contribution >= 4 is 25.8 Å². The van der Waals surface area contributed by atoms with Gasteiger partial charge in [0.25, 0.3) is 0 Å². The van der Waals surface area contributed by atoms with Gasteiger partial charge in [-0.3, -0.25) is 0 Å². The van der Waals surface area contributed by atoms with Crippen LogP contribution >= 0.6 is 15.9 Å². The molecule has 3 nitrogen and oxygen atoms in total. The quantitative estimate of drug-likeness (QED) is 0.856. The zero-order chi connectivity index (χ0) is 11.8. The molecule has 1 aromatic carbocycles. The second-order valence-electron chi connectivity index (χ2n) is 3.76. The Kier molecular flexibility index (Phi) is 3.32. The predicted molar refractivity (Wildman–Crippen MR) is 61.3 cm³/mol. The van der Waals surface area contributed by atoms with E-state index in [-0.39, 0.29) is 30.0 Å². The first-order chi connectivity index (χ1) is 7.46. The number of halogens is 2. The van der Waals surface area contributed by atoms with Crippen molar-refractivity contribution in [3.05, 3.63) is 34.1 Å². The van der Waals surface area contributed by atoms with Crippen LogP contribution in [0.1, 0.15) is 5.56 Å². The number of sulfone groups is 1. The predicted octanol–water partition coefficient (Wildman–Crippen LogP) is 1.90. The minimum atomic E-state index is -2.86. The summed E-state index contributed by atoms with van der Waals surface area (Å²) < 4.78 is 40.6. The molecule has 0 unspecified atom stereocenters. The third-order valence-corrected chi connectivity index (χ3v) is 4.75. The van der Waals surface area contributed by atoms with Gasteiger partial charge in [-0.05, 0) is 33.6 Å².